The Hall–Kier alpha value is -3.52. The van der Waals surface area contributed by atoms with Gasteiger partial charge in [-0.3, -0.25) is 0 Å². The molecule has 31 heavy (non-hydrogen) atoms. The van der Waals surface area contributed by atoms with Crippen LogP contribution in [0.4, 0.5) is 14.6 Å². The fraction of sp³-hybridized carbons (Fsp3) is 0.300. The van der Waals surface area contributed by atoms with Gasteiger partial charge in [-0.15, -0.1) is 0 Å². The van der Waals surface area contributed by atoms with Crippen LogP contribution >= 0.6 is 11.3 Å². The number of nitrogens with zero attached hydrogens (tertiary/aromatic N) is 7. The lowest BCUT2D eigenvalue weighted by Crippen LogP contribution is -2.15. The van der Waals surface area contributed by atoms with Crippen molar-refractivity contribution >= 4 is 28.1 Å². The summed E-state index contributed by atoms with van der Waals surface area (Å²) in [4.78, 5) is 17.7. The molecule has 0 saturated heterocycles. The lowest BCUT2D eigenvalue weighted by Gasteiger charge is -2.17. The van der Waals surface area contributed by atoms with Gasteiger partial charge in [0, 0.05) is 10.9 Å². The molecule has 5 rings (SSSR count). The Morgan fingerprint density at radius 3 is 2.74 bits per heavy atom. The Labute approximate surface area is 179 Å². The minimum absolute atomic E-state index is 0.0325. The molecule has 1 aliphatic carbocycles. The quantitative estimate of drug-likeness (QED) is 0.472. The molecule has 1 fully saturated rings. The van der Waals surface area contributed by atoms with Crippen LogP contribution in [0.15, 0.2) is 31.0 Å². The molecule has 0 spiro atoms. The summed E-state index contributed by atoms with van der Waals surface area (Å²) in [5.74, 6) is 1.27. The van der Waals surface area contributed by atoms with Gasteiger partial charge in [0.25, 0.3) is 6.43 Å². The first kappa shape index (κ1) is 19.4. The highest BCUT2D eigenvalue weighted by atomic mass is 32.1. The number of halogens is 2. The maximum atomic E-state index is 13.5. The molecule has 11 heteroatoms. The van der Waals surface area contributed by atoms with Gasteiger partial charge < -0.3 is 5.32 Å². The maximum Gasteiger partial charge on any atom is 0.263 e. The zero-order valence-corrected chi connectivity index (χ0v) is 17.1. The van der Waals surface area contributed by atoms with E-state index in [1.165, 1.54) is 36.3 Å². The maximum absolute atomic E-state index is 13.5. The van der Waals surface area contributed by atoms with Crippen molar-refractivity contribution < 1.29 is 8.78 Å². The summed E-state index contributed by atoms with van der Waals surface area (Å²) in [7, 11) is 0. The Morgan fingerprint density at radius 1 is 1.19 bits per heavy atom. The third-order valence-electron chi connectivity index (χ3n) is 5.16. The van der Waals surface area contributed by atoms with E-state index in [1.54, 1.807) is 10.7 Å². The lowest BCUT2D eigenvalue weighted by atomic mass is 10.0. The summed E-state index contributed by atoms with van der Waals surface area (Å²) < 4.78 is 28.6. The average Bonchev–Trinajstić information content (AvgIpc) is 3.30. The highest BCUT2D eigenvalue weighted by Crippen LogP contribution is 2.44. The minimum Gasteiger partial charge on any atom is -0.360 e. The Balaban J connectivity index is 1.53. The number of nitrogens with one attached hydrogen (secondary N) is 1. The largest absolute Gasteiger partial charge is 0.360 e. The van der Waals surface area contributed by atoms with Crippen molar-refractivity contribution in [3.63, 3.8) is 0 Å². The van der Waals surface area contributed by atoms with Gasteiger partial charge in [-0.1, -0.05) is 11.3 Å². The zero-order valence-electron chi connectivity index (χ0n) is 16.3. The highest BCUT2D eigenvalue weighted by molar-refractivity contribution is 7.14. The van der Waals surface area contributed by atoms with Crippen LogP contribution in [-0.4, -0.2) is 29.7 Å². The molecule has 3 aromatic heterocycles. The first-order chi connectivity index (χ1) is 15.0. The van der Waals surface area contributed by atoms with Gasteiger partial charge in [-0.25, -0.2) is 28.7 Å². The average molecular weight is 438 g/mol. The fourth-order valence-corrected chi connectivity index (χ4v) is 4.22. The first-order valence-corrected chi connectivity index (χ1v) is 10.5. The van der Waals surface area contributed by atoms with Gasteiger partial charge in [0.15, 0.2) is 5.82 Å². The van der Waals surface area contributed by atoms with Crippen molar-refractivity contribution in [2.75, 3.05) is 5.32 Å². The lowest BCUT2D eigenvalue weighted by molar-refractivity contribution is 0.151. The van der Waals surface area contributed by atoms with Gasteiger partial charge in [0.2, 0.25) is 5.13 Å². The number of nitriles is 1. The van der Waals surface area contributed by atoms with Crippen molar-refractivity contribution in [2.24, 2.45) is 0 Å². The van der Waals surface area contributed by atoms with Crippen LogP contribution in [0.25, 0.3) is 16.0 Å². The van der Waals surface area contributed by atoms with E-state index >= 15 is 0 Å². The summed E-state index contributed by atoms with van der Waals surface area (Å²) >= 11 is 1.20. The summed E-state index contributed by atoms with van der Waals surface area (Å²) in [6.07, 6.45) is 3.70. The molecule has 1 aromatic carbocycles. The molecule has 1 saturated carbocycles. The van der Waals surface area contributed by atoms with E-state index in [2.05, 4.69) is 36.4 Å². The number of benzene rings is 1. The number of hydrogen-bond acceptors (Lipinski definition) is 8. The van der Waals surface area contributed by atoms with Crippen molar-refractivity contribution in [2.45, 2.75) is 38.2 Å². The van der Waals surface area contributed by atoms with E-state index in [0.29, 0.717) is 32.6 Å². The van der Waals surface area contributed by atoms with E-state index in [-0.39, 0.29) is 17.5 Å². The van der Waals surface area contributed by atoms with Crippen LogP contribution < -0.4 is 5.32 Å². The van der Waals surface area contributed by atoms with Crippen molar-refractivity contribution in [3.8, 4) is 11.2 Å². The molecule has 1 N–H and O–H groups in total. The number of alkyl halides is 2. The molecule has 0 bridgehead atoms. The molecule has 1 atom stereocenters. The summed E-state index contributed by atoms with van der Waals surface area (Å²) in [5, 5.41) is 17.6. The standard InChI is InChI=1S/C20H16F2N8S/c1-10(19-27-9-28-30(19)20-24-7-13(6-23)31-20)29-18-15-5-12(17(21)22)4-14(11-2-3-11)16(15)25-8-26-18/h4-5,7-11,17H,2-3H2,1H3,(H,25,26,29)/t10-/m0/s1. The molecular weight excluding hydrogens is 422 g/mol. The first-order valence-electron chi connectivity index (χ1n) is 9.64. The fourth-order valence-electron chi connectivity index (χ4n) is 3.54. The van der Waals surface area contributed by atoms with Crippen LogP contribution in [0.1, 0.15) is 60.0 Å². The Morgan fingerprint density at radius 2 is 2.03 bits per heavy atom. The van der Waals surface area contributed by atoms with Crippen LogP contribution in [0.5, 0.6) is 0 Å². The van der Waals surface area contributed by atoms with Crippen LogP contribution in [-0.2, 0) is 0 Å². The predicted octanol–water partition coefficient (Wildman–Crippen LogP) is 4.53. The van der Waals surface area contributed by atoms with E-state index in [0.717, 1.165) is 18.4 Å². The molecule has 3 heterocycles. The molecule has 0 unspecified atom stereocenters. The molecule has 8 nitrogen and oxygen atoms in total. The molecule has 0 amide bonds. The van der Waals surface area contributed by atoms with E-state index in [4.69, 9.17) is 5.26 Å². The number of anilines is 1. The Bertz CT molecular complexity index is 1300. The zero-order chi connectivity index (χ0) is 21.5. The third kappa shape index (κ3) is 3.59. The van der Waals surface area contributed by atoms with Gasteiger partial charge >= 0.3 is 0 Å². The number of fused-ring (bicyclic) bond motifs is 1. The van der Waals surface area contributed by atoms with Crippen LogP contribution in [0, 0.1) is 11.3 Å². The van der Waals surface area contributed by atoms with Crippen LogP contribution in [0.2, 0.25) is 0 Å². The number of hydrogen-bond donors (Lipinski definition) is 1. The van der Waals surface area contributed by atoms with Gasteiger partial charge in [0.1, 0.15) is 29.4 Å². The van der Waals surface area contributed by atoms with E-state index in [9.17, 15) is 8.78 Å². The van der Waals surface area contributed by atoms with Gasteiger partial charge in [-0.05, 0) is 43.4 Å². The van der Waals surface area contributed by atoms with Gasteiger partial charge in [-0.2, -0.15) is 15.0 Å². The molecule has 1 aliphatic rings. The SMILES string of the molecule is C[C@H](Nc1ncnc2c(C3CC3)cc(C(F)F)cc12)c1ncnn1-c1ncc(C#N)s1. The second-order valence-corrected chi connectivity index (χ2v) is 8.33. The van der Waals surface area contributed by atoms with Gasteiger partial charge in [0.05, 0.1) is 17.8 Å². The number of aromatic nitrogens is 6. The molecule has 4 aromatic rings. The highest BCUT2D eigenvalue weighted by Gasteiger charge is 2.28. The molecule has 0 aliphatic heterocycles. The molecule has 156 valence electrons. The van der Waals surface area contributed by atoms with Crippen molar-refractivity contribution in [1.82, 2.24) is 29.7 Å². The number of rotatable bonds is 6. The summed E-state index contributed by atoms with van der Waals surface area (Å²) in [6.45, 7) is 1.87. The molecular formula is C20H16F2N8S. The normalized spacial score (nSPS) is 14.7. The van der Waals surface area contributed by atoms with Crippen molar-refractivity contribution in [1.29, 1.82) is 5.26 Å². The second kappa shape index (κ2) is 7.63. The second-order valence-electron chi connectivity index (χ2n) is 7.32. The van der Waals surface area contributed by atoms with Crippen LogP contribution in [0.3, 0.4) is 0 Å². The third-order valence-corrected chi connectivity index (χ3v) is 6.04. The summed E-state index contributed by atoms with van der Waals surface area (Å²) in [6, 6.07) is 4.70. The predicted molar refractivity (Wildman–Crippen MR) is 110 cm³/mol. The van der Waals surface area contributed by atoms with E-state index in [1.807, 2.05) is 6.92 Å². The van der Waals surface area contributed by atoms with Crippen molar-refractivity contribution in [3.05, 3.63) is 52.8 Å². The topological polar surface area (TPSA) is 105 Å². The molecule has 0 radical (unpaired) electrons. The minimum atomic E-state index is -2.57. The van der Waals surface area contributed by atoms with E-state index < -0.39 is 6.43 Å². The smallest absolute Gasteiger partial charge is 0.263 e. The number of thiazole rings is 1. The monoisotopic (exact) mass is 438 g/mol. The Kier molecular flexibility index (Phi) is 4.78. The summed E-state index contributed by atoms with van der Waals surface area (Å²) in [5.41, 5.74) is 1.51.